The maximum absolute atomic E-state index is 13.6. The number of rotatable bonds is 3. The van der Waals surface area contributed by atoms with Crippen LogP contribution < -0.4 is 0 Å². The summed E-state index contributed by atoms with van der Waals surface area (Å²) < 4.78 is 14.4. The Morgan fingerprint density at radius 2 is 1.89 bits per heavy atom. The molecular formula is C14H9ClFIO. The van der Waals surface area contributed by atoms with Crippen LogP contribution in [0.1, 0.15) is 15.9 Å². The Kier molecular flexibility index (Phi) is 4.35. The van der Waals surface area contributed by atoms with Crippen LogP contribution >= 0.6 is 34.2 Å². The van der Waals surface area contributed by atoms with E-state index < -0.39 is 5.82 Å². The molecule has 2 aromatic carbocycles. The van der Waals surface area contributed by atoms with Crippen molar-refractivity contribution >= 4 is 40.0 Å². The molecule has 0 aliphatic carbocycles. The molecular weight excluding hydrogens is 366 g/mol. The third-order valence-corrected chi connectivity index (χ3v) is 3.87. The first-order chi connectivity index (χ1) is 8.59. The average molecular weight is 375 g/mol. The monoisotopic (exact) mass is 374 g/mol. The molecule has 2 aromatic rings. The van der Waals surface area contributed by atoms with Gasteiger partial charge in [-0.2, -0.15) is 0 Å². The molecule has 0 amide bonds. The lowest BCUT2D eigenvalue weighted by Gasteiger charge is -2.06. The number of carbonyl (C=O) groups excluding carboxylic acids is 1. The first kappa shape index (κ1) is 13.5. The van der Waals surface area contributed by atoms with Gasteiger partial charge in [0, 0.05) is 26.1 Å². The molecule has 0 bridgehead atoms. The zero-order valence-electron chi connectivity index (χ0n) is 9.29. The van der Waals surface area contributed by atoms with Crippen molar-refractivity contribution in [2.45, 2.75) is 6.42 Å². The molecule has 0 N–H and O–H groups in total. The van der Waals surface area contributed by atoms with Crippen molar-refractivity contribution in [3.05, 3.63) is 68.0 Å². The molecule has 0 saturated heterocycles. The molecule has 0 unspecified atom stereocenters. The van der Waals surface area contributed by atoms with Gasteiger partial charge in [0.1, 0.15) is 5.82 Å². The molecule has 0 aliphatic rings. The van der Waals surface area contributed by atoms with Crippen molar-refractivity contribution < 1.29 is 9.18 Å². The van der Waals surface area contributed by atoms with E-state index >= 15 is 0 Å². The Morgan fingerprint density at radius 1 is 1.17 bits per heavy atom. The van der Waals surface area contributed by atoms with E-state index in [-0.39, 0.29) is 22.8 Å². The van der Waals surface area contributed by atoms with Gasteiger partial charge in [-0.25, -0.2) is 4.39 Å². The maximum Gasteiger partial charge on any atom is 0.168 e. The summed E-state index contributed by atoms with van der Waals surface area (Å²) in [5, 5.41) is 0.286. The van der Waals surface area contributed by atoms with Gasteiger partial charge >= 0.3 is 0 Å². The Labute approximate surface area is 123 Å². The molecule has 0 fully saturated rings. The van der Waals surface area contributed by atoms with E-state index in [1.165, 1.54) is 12.1 Å². The first-order valence-corrected chi connectivity index (χ1v) is 6.76. The minimum absolute atomic E-state index is 0.0223. The number of hydrogen-bond donors (Lipinski definition) is 0. The van der Waals surface area contributed by atoms with E-state index in [0.717, 1.165) is 3.57 Å². The molecule has 92 valence electrons. The van der Waals surface area contributed by atoms with Gasteiger partial charge in [-0.3, -0.25) is 4.79 Å². The summed E-state index contributed by atoms with van der Waals surface area (Å²) in [4.78, 5) is 12.1. The topological polar surface area (TPSA) is 17.1 Å². The molecule has 4 heteroatoms. The standard InChI is InChI=1S/C14H9ClFIO/c15-11-5-3-6-12(16)10(11)8-14(18)9-4-1-2-7-13(9)17/h1-7H,8H2. The van der Waals surface area contributed by atoms with Crippen LogP contribution in [0.15, 0.2) is 42.5 Å². The van der Waals surface area contributed by atoms with Gasteiger partial charge < -0.3 is 0 Å². The highest BCUT2D eigenvalue weighted by molar-refractivity contribution is 14.1. The summed E-state index contributed by atoms with van der Waals surface area (Å²) in [5.41, 5.74) is 0.848. The van der Waals surface area contributed by atoms with Crippen molar-refractivity contribution in [3.63, 3.8) is 0 Å². The van der Waals surface area contributed by atoms with Gasteiger partial charge in [0.25, 0.3) is 0 Å². The lowest BCUT2D eigenvalue weighted by Crippen LogP contribution is -2.07. The summed E-state index contributed by atoms with van der Waals surface area (Å²) in [6, 6.07) is 11.6. The van der Waals surface area contributed by atoms with Gasteiger partial charge in [-0.15, -0.1) is 0 Å². The van der Waals surface area contributed by atoms with Crippen molar-refractivity contribution in [1.82, 2.24) is 0 Å². The van der Waals surface area contributed by atoms with Crippen LogP contribution in [-0.4, -0.2) is 5.78 Å². The Bertz CT molecular complexity index is 578. The molecule has 0 atom stereocenters. The van der Waals surface area contributed by atoms with Gasteiger partial charge in [0.05, 0.1) is 0 Å². The first-order valence-electron chi connectivity index (χ1n) is 5.30. The Hall–Kier alpha value is -0.940. The molecule has 0 heterocycles. The fourth-order valence-electron chi connectivity index (χ4n) is 1.64. The molecule has 0 radical (unpaired) electrons. The second-order valence-corrected chi connectivity index (χ2v) is 5.35. The zero-order chi connectivity index (χ0) is 13.1. The second-order valence-electron chi connectivity index (χ2n) is 3.78. The quantitative estimate of drug-likeness (QED) is 0.571. The fourth-order valence-corrected chi connectivity index (χ4v) is 2.56. The normalized spacial score (nSPS) is 10.4. The summed E-state index contributed by atoms with van der Waals surface area (Å²) >= 11 is 7.99. The number of benzene rings is 2. The van der Waals surface area contributed by atoms with Crippen LogP contribution in [0.4, 0.5) is 4.39 Å². The molecule has 0 saturated carbocycles. The van der Waals surface area contributed by atoms with E-state index in [1.54, 1.807) is 18.2 Å². The highest BCUT2D eigenvalue weighted by Gasteiger charge is 2.15. The van der Waals surface area contributed by atoms with Gasteiger partial charge in [-0.05, 0) is 40.8 Å². The fraction of sp³-hybridized carbons (Fsp3) is 0.0714. The number of Topliss-reactive ketones (excluding diaryl/α,β-unsaturated/α-hetero) is 1. The third-order valence-electron chi connectivity index (χ3n) is 2.57. The predicted octanol–water partition coefficient (Wildman–Crippen LogP) is 4.51. The summed E-state index contributed by atoms with van der Waals surface area (Å²) in [7, 11) is 0. The summed E-state index contributed by atoms with van der Waals surface area (Å²) in [6.45, 7) is 0. The van der Waals surface area contributed by atoms with E-state index in [9.17, 15) is 9.18 Å². The molecule has 1 nitrogen and oxygen atoms in total. The minimum atomic E-state index is -0.443. The van der Waals surface area contributed by atoms with Crippen LogP contribution in [0.25, 0.3) is 0 Å². The molecule has 2 rings (SSSR count). The van der Waals surface area contributed by atoms with E-state index in [4.69, 9.17) is 11.6 Å². The number of carbonyl (C=O) groups is 1. The summed E-state index contributed by atoms with van der Waals surface area (Å²) in [6.07, 6.45) is -0.0223. The van der Waals surface area contributed by atoms with E-state index in [1.807, 2.05) is 12.1 Å². The second kappa shape index (κ2) is 5.80. The van der Waals surface area contributed by atoms with Crippen LogP contribution in [0.2, 0.25) is 5.02 Å². The van der Waals surface area contributed by atoms with E-state index in [2.05, 4.69) is 22.6 Å². The Balaban J connectivity index is 2.30. The van der Waals surface area contributed by atoms with Crippen LogP contribution in [-0.2, 0) is 6.42 Å². The van der Waals surface area contributed by atoms with Crippen LogP contribution in [0, 0.1) is 9.39 Å². The minimum Gasteiger partial charge on any atom is -0.294 e. The highest BCUT2D eigenvalue weighted by atomic mass is 127. The smallest absolute Gasteiger partial charge is 0.168 e. The highest BCUT2D eigenvalue weighted by Crippen LogP contribution is 2.22. The predicted molar refractivity (Wildman–Crippen MR) is 78.6 cm³/mol. The molecule has 0 aromatic heterocycles. The van der Waals surface area contributed by atoms with Crippen molar-refractivity contribution in [2.75, 3.05) is 0 Å². The largest absolute Gasteiger partial charge is 0.294 e. The van der Waals surface area contributed by atoms with Crippen LogP contribution in [0.3, 0.4) is 0 Å². The lowest BCUT2D eigenvalue weighted by molar-refractivity contribution is 0.0991. The van der Waals surface area contributed by atoms with Crippen LogP contribution in [0.5, 0.6) is 0 Å². The van der Waals surface area contributed by atoms with Crippen molar-refractivity contribution in [3.8, 4) is 0 Å². The number of ketones is 1. The molecule has 18 heavy (non-hydrogen) atoms. The molecule has 0 spiro atoms. The molecule has 0 aliphatic heterocycles. The zero-order valence-corrected chi connectivity index (χ0v) is 12.2. The van der Waals surface area contributed by atoms with E-state index in [0.29, 0.717) is 5.56 Å². The van der Waals surface area contributed by atoms with Crippen molar-refractivity contribution in [2.24, 2.45) is 0 Å². The van der Waals surface area contributed by atoms with Crippen molar-refractivity contribution in [1.29, 1.82) is 0 Å². The maximum atomic E-state index is 13.6. The van der Waals surface area contributed by atoms with Gasteiger partial charge in [0.2, 0.25) is 0 Å². The average Bonchev–Trinajstić information content (AvgIpc) is 2.34. The SMILES string of the molecule is O=C(Cc1c(F)cccc1Cl)c1ccccc1I. The number of halogens is 3. The van der Waals surface area contributed by atoms with Gasteiger partial charge in [0.15, 0.2) is 5.78 Å². The number of hydrogen-bond acceptors (Lipinski definition) is 1. The van der Waals surface area contributed by atoms with Gasteiger partial charge in [-0.1, -0.05) is 35.9 Å². The summed E-state index contributed by atoms with van der Waals surface area (Å²) in [5.74, 6) is -0.575. The lowest BCUT2D eigenvalue weighted by atomic mass is 10.0. The Morgan fingerprint density at radius 3 is 2.56 bits per heavy atom. The third kappa shape index (κ3) is 2.90.